The molecule has 1 heterocycles. The molecule has 0 radical (unpaired) electrons. The lowest BCUT2D eigenvalue weighted by Gasteiger charge is -2.50. The van der Waals surface area contributed by atoms with Gasteiger partial charge >= 0.3 is 0 Å². The second kappa shape index (κ2) is 9.05. The fourth-order valence-corrected chi connectivity index (χ4v) is 5.87. The van der Waals surface area contributed by atoms with E-state index in [9.17, 15) is 23.2 Å². The molecule has 7 heteroatoms. The molecule has 32 heavy (non-hydrogen) atoms. The van der Waals surface area contributed by atoms with Gasteiger partial charge in [0.25, 0.3) is 0 Å². The Balaban J connectivity index is 1.69. The summed E-state index contributed by atoms with van der Waals surface area (Å²) < 4.78 is 40.6. The van der Waals surface area contributed by atoms with E-state index < -0.39 is 40.4 Å². The van der Waals surface area contributed by atoms with Crippen LogP contribution >= 0.6 is 0 Å². The van der Waals surface area contributed by atoms with Crippen LogP contribution in [0.3, 0.4) is 0 Å². The molecule has 0 saturated carbocycles. The Morgan fingerprint density at radius 1 is 0.969 bits per heavy atom. The summed E-state index contributed by atoms with van der Waals surface area (Å²) >= 11 is 0. The SMILES string of the molecule is N#C[C@H]1[C@@H](c2ccccc2/C=C/c2ccccc2)[C@@H](CO)N1S(=O)(=O)c1ccc(F)cc1. The molecule has 0 aliphatic carbocycles. The number of halogens is 1. The van der Waals surface area contributed by atoms with Gasteiger partial charge in [-0.25, -0.2) is 12.8 Å². The molecule has 5 nitrogen and oxygen atoms in total. The van der Waals surface area contributed by atoms with E-state index in [-0.39, 0.29) is 4.90 Å². The van der Waals surface area contributed by atoms with Crippen molar-refractivity contribution in [1.82, 2.24) is 4.31 Å². The summed E-state index contributed by atoms with van der Waals surface area (Å²) in [5.41, 5.74) is 2.64. The fraction of sp³-hybridized carbons (Fsp3) is 0.160. The van der Waals surface area contributed by atoms with Crippen LogP contribution in [0, 0.1) is 17.1 Å². The summed E-state index contributed by atoms with van der Waals surface area (Å²) in [6, 6.07) is 21.9. The van der Waals surface area contributed by atoms with Crippen molar-refractivity contribution in [3.05, 3.63) is 101 Å². The van der Waals surface area contributed by atoms with E-state index in [1.165, 1.54) is 0 Å². The van der Waals surface area contributed by atoms with Crippen molar-refractivity contribution >= 4 is 22.2 Å². The largest absolute Gasteiger partial charge is 0.395 e. The molecule has 1 N–H and O–H groups in total. The van der Waals surface area contributed by atoms with Crippen LogP contribution in [-0.2, 0) is 10.0 Å². The number of nitrogens with zero attached hydrogens (tertiary/aromatic N) is 2. The minimum Gasteiger partial charge on any atom is -0.395 e. The zero-order chi connectivity index (χ0) is 22.7. The third-order valence-corrected chi connectivity index (χ3v) is 7.60. The lowest BCUT2D eigenvalue weighted by Crippen LogP contribution is -2.65. The molecule has 3 aromatic rings. The number of nitriles is 1. The second-order valence-electron chi connectivity index (χ2n) is 7.51. The minimum absolute atomic E-state index is 0.117. The Morgan fingerprint density at radius 3 is 2.28 bits per heavy atom. The van der Waals surface area contributed by atoms with Gasteiger partial charge < -0.3 is 5.11 Å². The highest BCUT2D eigenvalue weighted by atomic mass is 32.2. The van der Waals surface area contributed by atoms with E-state index in [0.29, 0.717) is 0 Å². The van der Waals surface area contributed by atoms with Crippen molar-refractivity contribution in [2.45, 2.75) is 22.9 Å². The van der Waals surface area contributed by atoms with Gasteiger partial charge in [-0.15, -0.1) is 0 Å². The molecule has 0 unspecified atom stereocenters. The Labute approximate surface area is 186 Å². The number of sulfonamides is 1. The van der Waals surface area contributed by atoms with Crippen LogP contribution in [0.2, 0.25) is 0 Å². The van der Waals surface area contributed by atoms with Crippen LogP contribution in [0.4, 0.5) is 4.39 Å². The molecule has 3 aromatic carbocycles. The van der Waals surface area contributed by atoms with Crippen molar-refractivity contribution < 1.29 is 17.9 Å². The van der Waals surface area contributed by atoms with Crippen LogP contribution < -0.4 is 0 Å². The van der Waals surface area contributed by atoms with Crippen LogP contribution in [0.1, 0.15) is 22.6 Å². The summed E-state index contributed by atoms with van der Waals surface area (Å²) in [4.78, 5) is -0.117. The highest BCUT2D eigenvalue weighted by Crippen LogP contribution is 2.45. The first-order chi connectivity index (χ1) is 15.5. The van der Waals surface area contributed by atoms with Crippen LogP contribution in [0.15, 0.2) is 83.8 Å². The molecule has 0 bridgehead atoms. The van der Waals surface area contributed by atoms with E-state index in [2.05, 4.69) is 6.07 Å². The van der Waals surface area contributed by atoms with Crippen LogP contribution in [0.5, 0.6) is 0 Å². The third kappa shape index (κ3) is 3.96. The first-order valence-electron chi connectivity index (χ1n) is 10.1. The Kier molecular flexibility index (Phi) is 6.19. The summed E-state index contributed by atoms with van der Waals surface area (Å²) in [5.74, 6) is -1.06. The topological polar surface area (TPSA) is 81.4 Å². The second-order valence-corrected chi connectivity index (χ2v) is 9.35. The molecule has 0 aromatic heterocycles. The number of aliphatic hydroxyl groups is 1. The molecule has 1 aliphatic rings. The standard InChI is InChI=1S/C25H21FN2O3S/c26-20-12-14-21(15-13-20)32(30,31)28-23(16-27)25(24(28)17-29)22-9-5-4-8-19(22)11-10-18-6-2-1-3-7-18/h1-15,23-25,29H,17H2/b11-10+/t23-,24+,25+/m0/s1. The molecule has 0 amide bonds. The molecule has 1 saturated heterocycles. The number of rotatable bonds is 6. The Hall–Kier alpha value is -3.31. The lowest BCUT2D eigenvalue weighted by atomic mass is 9.76. The fourth-order valence-electron chi connectivity index (χ4n) is 4.11. The molecule has 1 fully saturated rings. The first-order valence-corrected chi connectivity index (χ1v) is 11.5. The third-order valence-electron chi connectivity index (χ3n) is 5.67. The van der Waals surface area contributed by atoms with Crippen LogP contribution in [-0.4, -0.2) is 36.5 Å². The zero-order valence-electron chi connectivity index (χ0n) is 17.0. The van der Waals surface area contributed by atoms with E-state index in [0.717, 1.165) is 45.3 Å². The number of hydrogen-bond acceptors (Lipinski definition) is 4. The van der Waals surface area contributed by atoms with Crippen LogP contribution in [0.25, 0.3) is 12.2 Å². The van der Waals surface area contributed by atoms with Gasteiger partial charge in [0, 0.05) is 5.92 Å². The van der Waals surface area contributed by atoms with E-state index in [4.69, 9.17) is 0 Å². The quantitative estimate of drug-likeness (QED) is 0.577. The summed E-state index contributed by atoms with van der Waals surface area (Å²) in [6.45, 7) is -0.444. The minimum atomic E-state index is -4.08. The average molecular weight is 449 g/mol. The highest BCUT2D eigenvalue weighted by Gasteiger charge is 2.55. The summed E-state index contributed by atoms with van der Waals surface area (Å²) in [6.07, 6.45) is 3.87. The normalized spacial score (nSPS) is 21.2. The monoisotopic (exact) mass is 448 g/mol. The number of benzene rings is 3. The lowest BCUT2D eigenvalue weighted by molar-refractivity contribution is 0.0556. The summed E-state index contributed by atoms with van der Waals surface area (Å²) in [7, 11) is -4.08. The van der Waals surface area contributed by atoms with E-state index >= 15 is 0 Å². The van der Waals surface area contributed by atoms with Gasteiger partial charge in [-0.1, -0.05) is 66.7 Å². The maximum Gasteiger partial charge on any atom is 0.244 e. The van der Waals surface area contributed by atoms with Crippen molar-refractivity contribution in [2.75, 3.05) is 6.61 Å². The van der Waals surface area contributed by atoms with E-state index in [1.54, 1.807) is 0 Å². The Bertz CT molecular complexity index is 1270. The highest BCUT2D eigenvalue weighted by molar-refractivity contribution is 7.89. The van der Waals surface area contributed by atoms with Gasteiger partial charge in [0.05, 0.1) is 23.6 Å². The summed E-state index contributed by atoms with van der Waals surface area (Å²) in [5, 5.41) is 19.9. The Morgan fingerprint density at radius 2 is 1.62 bits per heavy atom. The molecule has 0 spiro atoms. The van der Waals surface area contributed by atoms with Crippen molar-refractivity contribution in [3.8, 4) is 6.07 Å². The molecule has 1 aliphatic heterocycles. The van der Waals surface area contributed by atoms with Crippen molar-refractivity contribution in [3.63, 3.8) is 0 Å². The molecule has 4 rings (SSSR count). The zero-order valence-corrected chi connectivity index (χ0v) is 17.9. The van der Waals surface area contributed by atoms with Gasteiger partial charge in [-0.05, 0) is 41.0 Å². The van der Waals surface area contributed by atoms with Crippen molar-refractivity contribution in [2.24, 2.45) is 0 Å². The number of aliphatic hydroxyl groups excluding tert-OH is 1. The van der Waals surface area contributed by atoms with Gasteiger partial charge in [0.1, 0.15) is 11.9 Å². The maximum absolute atomic E-state index is 13.3. The average Bonchev–Trinajstić information content (AvgIpc) is 2.79. The molecule has 162 valence electrons. The van der Waals surface area contributed by atoms with E-state index in [1.807, 2.05) is 66.7 Å². The molecular weight excluding hydrogens is 427 g/mol. The van der Waals surface area contributed by atoms with Crippen molar-refractivity contribution in [1.29, 1.82) is 5.26 Å². The molecule has 3 atom stereocenters. The van der Waals surface area contributed by atoms with Gasteiger partial charge in [-0.3, -0.25) is 0 Å². The first kappa shape index (κ1) is 21.9. The predicted octanol–water partition coefficient (Wildman–Crippen LogP) is 4.04. The molecular formula is C25H21FN2O3S. The smallest absolute Gasteiger partial charge is 0.244 e. The number of hydrogen-bond donors (Lipinski definition) is 1. The van der Waals surface area contributed by atoms with Gasteiger partial charge in [0.15, 0.2) is 0 Å². The van der Waals surface area contributed by atoms with Gasteiger partial charge in [0.2, 0.25) is 10.0 Å². The maximum atomic E-state index is 13.3. The predicted molar refractivity (Wildman–Crippen MR) is 120 cm³/mol. The van der Waals surface area contributed by atoms with Gasteiger partial charge in [-0.2, -0.15) is 9.57 Å².